The number of rotatable bonds is 14. The first-order valence-electron chi connectivity index (χ1n) is 10.5. The fourth-order valence-electron chi connectivity index (χ4n) is 3.10. The van der Waals surface area contributed by atoms with Crippen LogP contribution in [0.15, 0.2) is 0 Å². The van der Waals surface area contributed by atoms with Gasteiger partial charge in [-0.15, -0.1) is 0 Å². The van der Waals surface area contributed by atoms with Crippen LogP contribution in [0.3, 0.4) is 0 Å². The molecule has 3 atom stereocenters. The topological polar surface area (TPSA) is 126 Å². The van der Waals surface area contributed by atoms with Gasteiger partial charge in [0.1, 0.15) is 12.1 Å². The van der Waals surface area contributed by atoms with Gasteiger partial charge in [-0.1, -0.05) is 27.7 Å². The summed E-state index contributed by atoms with van der Waals surface area (Å²) >= 11 is 0. The van der Waals surface area contributed by atoms with Crippen molar-refractivity contribution in [2.45, 2.75) is 78.0 Å². The molecule has 13 heteroatoms. The third-order valence-electron chi connectivity index (χ3n) is 4.31. The number of carboxylic acid groups (broad SMARTS) is 1. The molecule has 0 heterocycles. The summed E-state index contributed by atoms with van der Waals surface area (Å²) < 4.78 is 71.0. The van der Waals surface area contributed by atoms with Crippen LogP contribution in [-0.4, -0.2) is 66.1 Å². The number of alkyl carbamates (subject to hydrolysis) is 1. The Bertz CT molecular complexity index is 714. The molecule has 32 heavy (non-hydrogen) atoms. The number of hydrogen-bond acceptors (Lipinski definition) is 6. The molecule has 0 saturated heterocycles. The van der Waals surface area contributed by atoms with Crippen molar-refractivity contribution in [1.29, 1.82) is 4.78 Å². The van der Waals surface area contributed by atoms with Crippen LogP contribution < -0.4 is 5.32 Å². The number of aliphatic carboxylic acids is 1. The first kappa shape index (κ1) is 30.7. The van der Waals surface area contributed by atoms with E-state index in [1.165, 1.54) is 0 Å². The summed E-state index contributed by atoms with van der Waals surface area (Å²) in [6, 6.07) is -0.942. The lowest BCUT2D eigenvalue weighted by atomic mass is 10.2. The molecule has 190 valence electrons. The van der Waals surface area contributed by atoms with Crippen molar-refractivity contribution in [2.24, 2.45) is 11.8 Å². The van der Waals surface area contributed by atoms with E-state index in [-0.39, 0.29) is 24.9 Å². The van der Waals surface area contributed by atoms with E-state index in [1.54, 1.807) is 26.9 Å². The van der Waals surface area contributed by atoms with E-state index in [9.17, 15) is 32.1 Å². The van der Waals surface area contributed by atoms with Gasteiger partial charge in [-0.25, -0.2) is 13.8 Å². The minimum absolute atomic E-state index is 0.0355. The van der Waals surface area contributed by atoms with E-state index in [4.69, 9.17) is 13.9 Å². The van der Waals surface area contributed by atoms with Crippen molar-refractivity contribution in [1.82, 2.24) is 5.32 Å². The minimum atomic E-state index is -4.66. The summed E-state index contributed by atoms with van der Waals surface area (Å²) in [6.07, 6.45) is -8.79. The van der Waals surface area contributed by atoms with Crippen LogP contribution >= 0.6 is 0 Å². The van der Waals surface area contributed by atoms with Gasteiger partial charge in [-0.2, -0.15) is 13.2 Å². The van der Waals surface area contributed by atoms with Crippen molar-refractivity contribution in [3.63, 3.8) is 0 Å². The zero-order chi connectivity index (χ0) is 25.3. The quantitative estimate of drug-likeness (QED) is 0.299. The summed E-state index contributed by atoms with van der Waals surface area (Å²) in [5.41, 5.74) is 0. The van der Waals surface area contributed by atoms with Crippen molar-refractivity contribution < 1.29 is 41.2 Å². The van der Waals surface area contributed by atoms with Crippen LogP contribution in [0, 0.1) is 16.6 Å². The van der Waals surface area contributed by atoms with E-state index >= 15 is 0 Å². The number of carbonyl (C=O) groups excluding carboxylic acids is 1. The molecular weight excluding hydrogens is 469 g/mol. The van der Waals surface area contributed by atoms with Gasteiger partial charge in [0.15, 0.2) is 8.32 Å². The number of halogens is 3. The van der Waals surface area contributed by atoms with E-state index in [1.807, 2.05) is 13.8 Å². The van der Waals surface area contributed by atoms with Crippen LogP contribution in [0.2, 0.25) is 19.1 Å². The molecule has 0 aromatic rings. The maximum atomic E-state index is 13.5. The number of alkyl halides is 3. The molecule has 8 nitrogen and oxygen atoms in total. The Hall–Kier alpha value is -1.34. The second-order valence-electron chi connectivity index (χ2n) is 9.33. The highest BCUT2D eigenvalue weighted by Gasteiger charge is 2.44. The monoisotopic (exact) mass is 506 g/mol. The van der Waals surface area contributed by atoms with Crippen LogP contribution in [0.25, 0.3) is 0 Å². The number of ether oxygens (including phenoxy) is 1. The maximum absolute atomic E-state index is 13.5. The highest BCUT2D eigenvalue weighted by atomic mass is 32.2. The lowest BCUT2D eigenvalue weighted by molar-refractivity contribution is -0.198. The molecule has 0 fully saturated rings. The van der Waals surface area contributed by atoms with Crippen molar-refractivity contribution in [3.8, 4) is 0 Å². The first-order chi connectivity index (χ1) is 14.3. The van der Waals surface area contributed by atoms with Gasteiger partial charge in [0.25, 0.3) is 0 Å². The van der Waals surface area contributed by atoms with E-state index in [0.717, 1.165) is 0 Å². The molecule has 0 aliphatic heterocycles. The molecule has 2 unspecified atom stereocenters. The van der Waals surface area contributed by atoms with E-state index < -0.39 is 66.4 Å². The van der Waals surface area contributed by atoms with Crippen molar-refractivity contribution in [3.05, 3.63) is 0 Å². The highest BCUT2D eigenvalue weighted by Crippen LogP contribution is 2.31. The summed E-state index contributed by atoms with van der Waals surface area (Å²) in [5.74, 6) is -2.29. The maximum Gasteiger partial charge on any atom is 0.413 e. The van der Waals surface area contributed by atoms with Gasteiger partial charge in [-0.05, 0) is 43.8 Å². The number of carbonyl (C=O) groups is 2. The van der Waals surface area contributed by atoms with Crippen LogP contribution in [0.5, 0.6) is 0 Å². The molecule has 0 aromatic carbocycles. The predicted octanol–water partition coefficient (Wildman–Crippen LogP) is 4.46. The largest absolute Gasteiger partial charge is 0.480 e. The Labute approximate surface area is 189 Å². The Morgan fingerprint density at radius 1 is 1.09 bits per heavy atom. The third-order valence-corrected chi connectivity index (χ3v) is 8.82. The molecule has 0 bridgehead atoms. The zero-order valence-corrected chi connectivity index (χ0v) is 21.4. The molecule has 0 spiro atoms. The van der Waals surface area contributed by atoms with Gasteiger partial charge in [-0.3, -0.25) is 4.78 Å². The standard InChI is InChI=1S/C19H37F3N2O6SSi/c1-13(2)11-29-18(27)24-15(17(25)26)7-9-31(23,28)10-8-16(19(20,21)22)30-32(5,6)12-14(3)4/h13-16,23H,7-12H2,1-6H3,(H,24,27)(H,25,26)/t15-,16?,31?/m0/s1. The minimum Gasteiger partial charge on any atom is -0.480 e. The number of hydrogen-bond donors (Lipinski definition) is 3. The third kappa shape index (κ3) is 13.9. The van der Waals surface area contributed by atoms with E-state index in [0.29, 0.717) is 6.04 Å². The molecule has 0 radical (unpaired) electrons. The average molecular weight is 507 g/mol. The molecule has 0 aliphatic rings. The molecule has 3 N–H and O–H groups in total. The predicted molar refractivity (Wildman–Crippen MR) is 119 cm³/mol. The Morgan fingerprint density at radius 2 is 1.62 bits per heavy atom. The molecule has 0 aromatic heterocycles. The summed E-state index contributed by atoms with van der Waals surface area (Å²) in [7, 11) is -6.16. The van der Waals surface area contributed by atoms with Crippen LogP contribution in [0.4, 0.5) is 18.0 Å². The van der Waals surface area contributed by atoms with Crippen molar-refractivity contribution in [2.75, 3.05) is 18.1 Å². The molecule has 1 amide bonds. The molecular formula is C19H37F3N2O6SSi. The molecule has 0 rings (SSSR count). The highest BCUT2D eigenvalue weighted by molar-refractivity contribution is 7.92. The molecule has 0 aliphatic carbocycles. The second kappa shape index (κ2) is 12.8. The SMILES string of the molecule is CC(C)COC(=O)N[C@@H](CCS(=N)(=O)CCC(O[Si](C)(C)CC(C)C)C(F)(F)F)C(=O)O. The summed E-state index contributed by atoms with van der Waals surface area (Å²) in [4.78, 5) is 23.0. The van der Waals surface area contributed by atoms with Crippen molar-refractivity contribution >= 4 is 30.1 Å². The Balaban J connectivity index is 4.99. The lowest BCUT2D eigenvalue weighted by Gasteiger charge is -2.32. The first-order valence-corrected chi connectivity index (χ1v) is 15.5. The fraction of sp³-hybridized carbons (Fsp3) is 0.895. The average Bonchev–Trinajstić information content (AvgIpc) is 2.58. The second-order valence-corrected chi connectivity index (χ2v) is 15.9. The normalized spacial score (nSPS) is 16.5. The van der Waals surface area contributed by atoms with Gasteiger partial charge in [0.05, 0.1) is 6.61 Å². The lowest BCUT2D eigenvalue weighted by Crippen LogP contribution is -2.44. The number of carboxylic acids is 1. The summed E-state index contributed by atoms with van der Waals surface area (Å²) in [6.45, 7) is 10.8. The van der Waals surface area contributed by atoms with Crippen LogP contribution in [0.1, 0.15) is 40.5 Å². The van der Waals surface area contributed by atoms with Crippen LogP contribution in [-0.2, 0) is 23.7 Å². The smallest absolute Gasteiger partial charge is 0.413 e. The number of amides is 1. The van der Waals surface area contributed by atoms with Gasteiger partial charge >= 0.3 is 18.2 Å². The number of nitrogens with one attached hydrogen (secondary N) is 2. The Morgan fingerprint density at radius 3 is 2.06 bits per heavy atom. The van der Waals surface area contributed by atoms with Gasteiger partial charge < -0.3 is 19.6 Å². The fourth-order valence-corrected chi connectivity index (χ4v) is 7.60. The van der Waals surface area contributed by atoms with Gasteiger partial charge in [0.2, 0.25) is 0 Å². The molecule has 0 saturated carbocycles. The Kier molecular flexibility index (Phi) is 12.2. The summed E-state index contributed by atoms with van der Waals surface area (Å²) in [5, 5.41) is 11.3. The van der Waals surface area contributed by atoms with E-state index in [2.05, 4.69) is 5.32 Å². The zero-order valence-electron chi connectivity index (χ0n) is 19.6. The van der Waals surface area contributed by atoms with Gasteiger partial charge in [0, 0.05) is 21.2 Å².